The molecule has 26 heteroatoms. The zero-order valence-corrected chi connectivity index (χ0v) is 57.0. The summed E-state index contributed by atoms with van der Waals surface area (Å²) in [6.45, 7) is 10.2. The first-order valence-electron chi connectivity index (χ1n) is 34.2. The number of carbonyl (C=O) groups excluding carboxylic acids is 11. The van der Waals surface area contributed by atoms with E-state index in [4.69, 9.17) is 11.6 Å². The quantitative estimate of drug-likeness (QED) is 0.209. The van der Waals surface area contributed by atoms with Crippen LogP contribution in [0.4, 0.5) is 13.2 Å². The van der Waals surface area contributed by atoms with E-state index in [0.717, 1.165) is 38.5 Å². The highest BCUT2D eigenvalue weighted by molar-refractivity contribution is 6.20. The van der Waals surface area contributed by atoms with Crippen LogP contribution in [0.3, 0.4) is 0 Å². The van der Waals surface area contributed by atoms with E-state index in [1.807, 2.05) is 13.8 Å². The molecule has 7 rings (SSSR count). The lowest BCUT2D eigenvalue weighted by molar-refractivity contribution is -0.182. The molecule has 3 saturated heterocycles. The summed E-state index contributed by atoms with van der Waals surface area (Å²) in [5.41, 5.74) is -1.47. The summed E-state index contributed by atoms with van der Waals surface area (Å²) >= 11 is 6.38. The van der Waals surface area contributed by atoms with Crippen molar-refractivity contribution in [1.82, 2.24) is 55.6 Å². The average Bonchev–Trinajstić information content (AvgIpc) is 1.25. The third kappa shape index (κ3) is 17.0. The van der Waals surface area contributed by atoms with E-state index < -0.39 is 161 Å². The van der Waals surface area contributed by atoms with Crippen LogP contribution in [0.2, 0.25) is 0 Å². The van der Waals surface area contributed by atoms with Gasteiger partial charge in [-0.15, -0.1) is 11.6 Å². The third-order valence-corrected chi connectivity index (χ3v) is 22.3. The molecule has 22 nitrogen and oxygen atoms in total. The molecule has 92 heavy (non-hydrogen) atoms. The molecule has 1 spiro atoms. The highest BCUT2D eigenvalue weighted by atomic mass is 35.5. The van der Waals surface area contributed by atoms with Crippen molar-refractivity contribution in [1.29, 1.82) is 0 Å². The first-order valence-corrected chi connectivity index (χ1v) is 34.6. The number of amides is 11. The number of fused-ring (bicyclic) bond motifs is 2. The van der Waals surface area contributed by atoms with Gasteiger partial charge in [0.15, 0.2) is 0 Å². The fraction of sp³-hybridized carbons (Fsp3) is 0.833. The molecule has 13 atom stereocenters. The molecule has 0 aromatic carbocycles. The molecule has 7 fully saturated rings. The Hall–Kier alpha value is -5.75. The second-order valence-electron chi connectivity index (χ2n) is 28.6. The summed E-state index contributed by atoms with van der Waals surface area (Å²) in [4.78, 5) is 171. The maximum Gasteiger partial charge on any atom is 0.393 e. The standard InChI is InChI=1S/C66H105ClF3N11O11/c1-12-39(4)53-63(91)76(8)41(6)59(87)81-33-29-49(81)62(90)77(9)50(36-42-20-14-13-15-21-42)61(89)75(7)37-51(82)72-47(28-26-43-25-27-45(46(67)35-43)66(68,69)70)60(88)80-32-19-24-48(80)56(84)74-65(30-16-17-31-65)64(92)79(11)54(38(2)3)57(85)71-40(5)34-52(83)78(10)55(58(86)73-53)44-22-18-23-44/h38-50,53-55H,12-37H2,1-11H3,(H,71,85)(H,72,82)(H,73,86)(H,74,84)/t39-,40+,41-,43?,45?,46?,47-,48-,49-,50-,53-,54-,55-/m0/s1. The predicted molar refractivity (Wildman–Crippen MR) is 338 cm³/mol. The fourth-order valence-corrected chi connectivity index (χ4v) is 16.0. The minimum Gasteiger partial charge on any atom is -0.351 e. The van der Waals surface area contributed by atoms with E-state index in [1.165, 1.54) is 69.5 Å². The van der Waals surface area contributed by atoms with Crippen LogP contribution in [-0.2, 0) is 52.7 Å². The van der Waals surface area contributed by atoms with Gasteiger partial charge in [0.2, 0.25) is 65.0 Å². The monoisotopic (exact) mass is 1320 g/mol. The summed E-state index contributed by atoms with van der Waals surface area (Å²) in [5.74, 6) is -9.28. The average molecular weight is 1320 g/mol. The molecular weight excluding hydrogens is 1220 g/mol. The van der Waals surface area contributed by atoms with Gasteiger partial charge < -0.3 is 55.6 Å². The largest absolute Gasteiger partial charge is 0.393 e. The summed E-state index contributed by atoms with van der Waals surface area (Å²) in [6, 6.07) is -9.53. The number of hydrogen-bond donors (Lipinski definition) is 4. The van der Waals surface area contributed by atoms with E-state index in [-0.39, 0.29) is 101 Å². The Morgan fingerprint density at radius 2 is 1.26 bits per heavy atom. The van der Waals surface area contributed by atoms with Crippen molar-refractivity contribution < 1.29 is 65.9 Å². The van der Waals surface area contributed by atoms with Crippen molar-refractivity contribution in [2.45, 2.75) is 261 Å². The van der Waals surface area contributed by atoms with Crippen molar-refractivity contribution >= 4 is 76.6 Å². The Kier molecular flexibility index (Phi) is 25.3. The third-order valence-electron chi connectivity index (χ3n) is 21.8. The first-order chi connectivity index (χ1) is 43.3. The van der Waals surface area contributed by atoms with Crippen molar-refractivity contribution in [3.05, 3.63) is 0 Å². The molecule has 4 N–H and O–H groups in total. The molecule has 4 aliphatic carbocycles. The van der Waals surface area contributed by atoms with Gasteiger partial charge in [-0.05, 0) is 127 Å². The molecule has 11 amide bonds. The Labute approximate surface area is 547 Å². The smallest absolute Gasteiger partial charge is 0.351 e. The molecule has 4 saturated carbocycles. The Morgan fingerprint density at radius 3 is 1.84 bits per heavy atom. The normalized spacial score (nSPS) is 32.4. The van der Waals surface area contributed by atoms with E-state index in [2.05, 4.69) is 21.3 Å². The summed E-state index contributed by atoms with van der Waals surface area (Å²) in [7, 11) is 7.42. The highest BCUT2D eigenvalue weighted by Crippen LogP contribution is 2.44. The van der Waals surface area contributed by atoms with Crippen molar-refractivity contribution in [2.24, 2.45) is 35.5 Å². The summed E-state index contributed by atoms with van der Waals surface area (Å²) < 4.78 is 41.8. The van der Waals surface area contributed by atoms with Gasteiger partial charge in [-0.25, -0.2) is 0 Å². The maximum absolute atomic E-state index is 15.1. The number of likely N-dealkylation sites (N-methyl/N-ethyl adjacent to an activating group) is 5. The van der Waals surface area contributed by atoms with Crippen molar-refractivity contribution in [3.63, 3.8) is 0 Å². The van der Waals surface area contributed by atoms with Gasteiger partial charge in [-0.2, -0.15) is 13.2 Å². The molecule has 3 heterocycles. The molecule has 3 unspecified atom stereocenters. The fourth-order valence-electron chi connectivity index (χ4n) is 15.5. The topological polar surface area (TPSA) is 259 Å². The molecule has 0 radical (unpaired) electrons. The zero-order valence-electron chi connectivity index (χ0n) is 56.3. The first kappa shape index (κ1) is 73.7. The number of nitrogens with zero attached hydrogens (tertiary/aromatic N) is 7. The van der Waals surface area contributed by atoms with Gasteiger partial charge in [0.05, 0.1) is 12.5 Å². The van der Waals surface area contributed by atoms with Crippen LogP contribution in [0.15, 0.2) is 0 Å². The molecular formula is C66H105ClF3N11O11. The van der Waals surface area contributed by atoms with Gasteiger partial charge >= 0.3 is 6.18 Å². The Balaban J connectivity index is 1.21. The van der Waals surface area contributed by atoms with Crippen LogP contribution in [0, 0.1) is 35.5 Å². The lowest BCUT2D eigenvalue weighted by Gasteiger charge is -2.45. The minimum absolute atomic E-state index is 0.0182. The van der Waals surface area contributed by atoms with Crippen LogP contribution >= 0.6 is 11.6 Å². The van der Waals surface area contributed by atoms with Crippen LogP contribution in [0.25, 0.3) is 0 Å². The number of halogens is 4. The molecule has 518 valence electrons. The Bertz CT molecular complexity index is 2690. The van der Waals surface area contributed by atoms with Crippen LogP contribution < -0.4 is 21.3 Å². The number of nitrogens with one attached hydrogen (secondary N) is 4. The summed E-state index contributed by atoms with van der Waals surface area (Å²) in [5, 5.41) is 10.6. The molecule has 3 aliphatic heterocycles. The lowest BCUT2D eigenvalue weighted by atomic mass is 9.78. The van der Waals surface area contributed by atoms with Gasteiger partial charge in [-0.1, -0.05) is 85.5 Å². The SMILES string of the molecule is CC[C@H](C)[C@@H]1NC(=O)[C@H](C2CCC2)N(C)C(=O)C[C@@H](C)NC(=O)[C@H](C(C)C)N(C)C(=O)C2(CCCC2)NC(=O)[C@@H]2CCCN2C(=O)[C@H](CCC2CCC(C(F)(F)F)C(Cl)C2)NC(=O)CN(C)C(=O)[C@H](CC2CCCCC2)N(C)C(=O)[C@@H]2CCN2C(=O)[C@H](C)N(C)C1=O. The van der Waals surface area contributed by atoms with Gasteiger partial charge in [0.25, 0.3) is 0 Å². The molecule has 0 aromatic heterocycles. The van der Waals surface area contributed by atoms with E-state index >= 15 is 9.59 Å². The van der Waals surface area contributed by atoms with Crippen LogP contribution in [0.5, 0.6) is 0 Å². The molecule has 0 aromatic rings. The number of alkyl halides is 4. The van der Waals surface area contributed by atoms with Crippen molar-refractivity contribution in [3.8, 4) is 0 Å². The van der Waals surface area contributed by atoms with Crippen LogP contribution in [-0.4, -0.2) is 226 Å². The van der Waals surface area contributed by atoms with Gasteiger partial charge in [-0.3, -0.25) is 52.7 Å². The summed E-state index contributed by atoms with van der Waals surface area (Å²) in [6.07, 6.45) is 5.23. The van der Waals surface area contributed by atoms with E-state index in [1.54, 1.807) is 27.7 Å². The second kappa shape index (κ2) is 31.7. The molecule has 7 aliphatic rings. The maximum atomic E-state index is 15.1. The number of carbonyl (C=O) groups is 11. The minimum atomic E-state index is -4.49. The second-order valence-corrected chi connectivity index (χ2v) is 29.2. The van der Waals surface area contributed by atoms with Gasteiger partial charge in [0, 0.05) is 66.2 Å². The number of hydrogen-bond acceptors (Lipinski definition) is 11. The molecule has 0 bridgehead atoms. The van der Waals surface area contributed by atoms with Crippen molar-refractivity contribution in [2.75, 3.05) is 54.9 Å². The predicted octanol–water partition coefficient (Wildman–Crippen LogP) is 5.51. The number of rotatable bonds is 9. The van der Waals surface area contributed by atoms with Gasteiger partial charge in [0.1, 0.15) is 53.9 Å². The van der Waals surface area contributed by atoms with E-state index in [0.29, 0.717) is 38.5 Å². The van der Waals surface area contributed by atoms with E-state index in [9.17, 15) is 56.3 Å². The highest BCUT2D eigenvalue weighted by Gasteiger charge is 2.52. The lowest BCUT2D eigenvalue weighted by Crippen LogP contribution is -2.65. The Morgan fingerprint density at radius 1 is 0.609 bits per heavy atom. The van der Waals surface area contributed by atoms with Crippen LogP contribution in [0.1, 0.15) is 189 Å². The zero-order chi connectivity index (χ0) is 67.8.